The molecule has 108 valence electrons. The van der Waals surface area contributed by atoms with Crippen molar-refractivity contribution in [3.05, 3.63) is 28.8 Å². The summed E-state index contributed by atoms with van der Waals surface area (Å²) in [5, 5.41) is 3.04. The van der Waals surface area contributed by atoms with Crippen molar-refractivity contribution in [2.24, 2.45) is 17.4 Å². The fraction of sp³-hybridized carbons (Fsp3) is 0.429. The second-order valence-corrected chi connectivity index (χ2v) is 5.58. The Morgan fingerprint density at radius 2 is 2.05 bits per heavy atom. The first-order valence-corrected chi connectivity index (χ1v) is 7.01. The average molecular weight is 296 g/mol. The molecule has 5 nitrogen and oxygen atoms in total. The molecule has 5 N–H and O–H groups in total. The summed E-state index contributed by atoms with van der Waals surface area (Å²) in [6.45, 7) is 0. The van der Waals surface area contributed by atoms with Gasteiger partial charge in [0.2, 0.25) is 11.8 Å². The zero-order valence-corrected chi connectivity index (χ0v) is 11.8. The number of hydrogen-bond donors (Lipinski definition) is 3. The molecule has 0 heterocycles. The van der Waals surface area contributed by atoms with E-state index in [4.69, 9.17) is 23.1 Å². The van der Waals surface area contributed by atoms with Crippen LogP contribution in [0.4, 0.5) is 5.69 Å². The number of carbonyl (C=O) groups is 2. The lowest BCUT2D eigenvalue weighted by molar-refractivity contribution is -0.120. The van der Waals surface area contributed by atoms with E-state index in [9.17, 15) is 9.59 Å². The SMILES string of the molecule is NC(=O)c1ccc(NC(=O)C2CCCC(N)C2)cc1Cl. The third-order valence-corrected chi connectivity index (χ3v) is 3.90. The van der Waals surface area contributed by atoms with Gasteiger partial charge in [-0.3, -0.25) is 9.59 Å². The Kier molecular flexibility index (Phi) is 4.62. The minimum absolute atomic E-state index is 0.0527. The maximum absolute atomic E-state index is 12.1. The van der Waals surface area contributed by atoms with E-state index in [0.717, 1.165) is 19.3 Å². The van der Waals surface area contributed by atoms with Crippen LogP contribution >= 0.6 is 11.6 Å². The molecule has 0 saturated heterocycles. The average Bonchev–Trinajstić information content (AvgIpc) is 2.38. The molecule has 0 aromatic heterocycles. The molecule has 0 bridgehead atoms. The number of nitrogens with two attached hydrogens (primary N) is 2. The van der Waals surface area contributed by atoms with E-state index in [-0.39, 0.29) is 28.5 Å². The van der Waals surface area contributed by atoms with Gasteiger partial charge in [0, 0.05) is 17.6 Å². The number of benzene rings is 1. The molecular weight excluding hydrogens is 278 g/mol. The van der Waals surface area contributed by atoms with Crippen LogP contribution in [0.2, 0.25) is 5.02 Å². The van der Waals surface area contributed by atoms with E-state index in [2.05, 4.69) is 5.32 Å². The minimum atomic E-state index is -0.592. The van der Waals surface area contributed by atoms with Crippen LogP contribution in [0.3, 0.4) is 0 Å². The highest BCUT2D eigenvalue weighted by atomic mass is 35.5. The predicted molar refractivity (Wildman–Crippen MR) is 78.5 cm³/mol. The van der Waals surface area contributed by atoms with Crippen LogP contribution in [0.5, 0.6) is 0 Å². The third-order valence-electron chi connectivity index (χ3n) is 3.59. The van der Waals surface area contributed by atoms with Crippen LogP contribution in [-0.2, 0) is 4.79 Å². The van der Waals surface area contributed by atoms with Crippen molar-refractivity contribution in [2.75, 3.05) is 5.32 Å². The van der Waals surface area contributed by atoms with Gasteiger partial charge >= 0.3 is 0 Å². The number of primary amides is 1. The summed E-state index contributed by atoms with van der Waals surface area (Å²) in [7, 11) is 0. The van der Waals surface area contributed by atoms with E-state index in [1.807, 2.05) is 0 Å². The molecule has 1 fully saturated rings. The molecule has 1 aliphatic rings. The molecular formula is C14H18ClN3O2. The second-order valence-electron chi connectivity index (χ2n) is 5.17. The van der Waals surface area contributed by atoms with Gasteiger partial charge in [0.15, 0.2) is 0 Å². The summed E-state index contributed by atoms with van der Waals surface area (Å²) < 4.78 is 0. The zero-order valence-electron chi connectivity index (χ0n) is 11.1. The smallest absolute Gasteiger partial charge is 0.250 e. The molecule has 2 amide bonds. The number of amides is 2. The van der Waals surface area contributed by atoms with Crippen LogP contribution < -0.4 is 16.8 Å². The van der Waals surface area contributed by atoms with Gasteiger partial charge < -0.3 is 16.8 Å². The van der Waals surface area contributed by atoms with Crippen molar-refractivity contribution < 1.29 is 9.59 Å². The lowest BCUT2D eigenvalue weighted by Gasteiger charge is -2.25. The Morgan fingerprint density at radius 3 is 2.65 bits per heavy atom. The van der Waals surface area contributed by atoms with Gasteiger partial charge in [-0.15, -0.1) is 0 Å². The molecule has 0 spiro atoms. The molecule has 20 heavy (non-hydrogen) atoms. The largest absolute Gasteiger partial charge is 0.366 e. The van der Waals surface area contributed by atoms with E-state index in [1.54, 1.807) is 6.07 Å². The van der Waals surface area contributed by atoms with Crippen LogP contribution in [-0.4, -0.2) is 17.9 Å². The molecule has 1 aromatic carbocycles. The van der Waals surface area contributed by atoms with Crippen LogP contribution in [0.15, 0.2) is 18.2 Å². The van der Waals surface area contributed by atoms with E-state index >= 15 is 0 Å². The summed E-state index contributed by atoms with van der Waals surface area (Å²) in [6, 6.07) is 4.75. The molecule has 1 saturated carbocycles. The van der Waals surface area contributed by atoms with Gasteiger partial charge in [-0.2, -0.15) is 0 Å². The van der Waals surface area contributed by atoms with E-state index in [1.165, 1.54) is 12.1 Å². The van der Waals surface area contributed by atoms with E-state index < -0.39 is 5.91 Å². The summed E-state index contributed by atoms with van der Waals surface area (Å²) >= 11 is 5.94. The number of rotatable bonds is 3. The van der Waals surface area contributed by atoms with Crippen molar-refractivity contribution in [3.8, 4) is 0 Å². The molecule has 0 radical (unpaired) electrons. The highest BCUT2D eigenvalue weighted by Crippen LogP contribution is 2.26. The van der Waals surface area contributed by atoms with Crippen LogP contribution in [0.25, 0.3) is 0 Å². The topological polar surface area (TPSA) is 98.2 Å². The van der Waals surface area contributed by atoms with Gasteiger partial charge in [-0.1, -0.05) is 18.0 Å². The van der Waals surface area contributed by atoms with Gasteiger partial charge in [0.1, 0.15) is 0 Å². The normalized spacial score (nSPS) is 22.3. The Hall–Kier alpha value is -1.59. The third kappa shape index (κ3) is 3.49. The number of halogens is 1. The van der Waals surface area contributed by atoms with Crippen molar-refractivity contribution >= 4 is 29.1 Å². The fourth-order valence-corrected chi connectivity index (χ4v) is 2.78. The summed E-state index contributed by atoms with van der Waals surface area (Å²) in [6.07, 6.45) is 3.51. The summed E-state index contributed by atoms with van der Waals surface area (Å²) in [5.74, 6) is -0.706. The lowest BCUT2D eigenvalue weighted by atomic mass is 9.85. The first-order chi connectivity index (χ1) is 9.47. The lowest BCUT2D eigenvalue weighted by Crippen LogP contribution is -2.34. The van der Waals surface area contributed by atoms with Gasteiger partial charge in [0.25, 0.3) is 0 Å². The highest BCUT2D eigenvalue weighted by molar-refractivity contribution is 6.34. The van der Waals surface area contributed by atoms with Crippen molar-refractivity contribution in [2.45, 2.75) is 31.7 Å². The highest BCUT2D eigenvalue weighted by Gasteiger charge is 2.25. The summed E-state index contributed by atoms with van der Waals surface area (Å²) in [5.41, 5.74) is 11.9. The van der Waals surface area contributed by atoms with Crippen molar-refractivity contribution in [1.82, 2.24) is 0 Å². The van der Waals surface area contributed by atoms with Crippen LogP contribution in [0.1, 0.15) is 36.0 Å². The molecule has 1 aliphatic carbocycles. The maximum Gasteiger partial charge on any atom is 0.250 e. The Labute approximate surface area is 122 Å². The molecule has 2 atom stereocenters. The molecule has 2 unspecified atom stereocenters. The van der Waals surface area contributed by atoms with Crippen LogP contribution in [0, 0.1) is 5.92 Å². The molecule has 1 aromatic rings. The first-order valence-electron chi connectivity index (χ1n) is 6.63. The fourth-order valence-electron chi connectivity index (χ4n) is 2.50. The number of carbonyl (C=O) groups excluding carboxylic acids is 2. The maximum atomic E-state index is 12.1. The Balaban J connectivity index is 2.04. The Morgan fingerprint density at radius 1 is 1.30 bits per heavy atom. The van der Waals surface area contributed by atoms with Gasteiger partial charge in [0.05, 0.1) is 10.6 Å². The molecule has 0 aliphatic heterocycles. The van der Waals surface area contributed by atoms with Crippen molar-refractivity contribution in [1.29, 1.82) is 0 Å². The first kappa shape index (κ1) is 14.8. The summed E-state index contributed by atoms with van der Waals surface area (Å²) in [4.78, 5) is 23.2. The second kappa shape index (κ2) is 6.24. The molecule has 2 rings (SSSR count). The van der Waals surface area contributed by atoms with Gasteiger partial charge in [-0.25, -0.2) is 0 Å². The van der Waals surface area contributed by atoms with E-state index in [0.29, 0.717) is 12.1 Å². The van der Waals surface area contributed by atoms with Gasteiger partial charge in [-0.05, 0) is 37.5 Å². The number of nitrogens with one attached hydrogen (secondary N) is 1. The number of anilines is 1. The zero-order chi connectivity index (χ0) is 14.7. The standard InChI is InChI=1S/C14H18ClN3O2/c15-12-7-10(4-5-11(12)13(17)19)18-14(20)8-2-1-3-9(16)6-8/h4-5,7-9H,1-3,6,16H2,(H2,17,19)(H,18,20). The predicted octanol–water partition coefficient (Wildman–Crippen LogP) is 1.89. The minimum Gasteiger partial charge on any atom is -0.366 e. The Bertz CT molecular complexity index is 533. The monoisotopic (exact) mass is 295 g/mol. The van der Waals surface area contributed by atoms with Crippen molar-refractivity contribution in [3.63, 3.8) is 0 Å². The quantitative estimate of drug-likeness (QED) is 0.794. The number of hydrogen-bond acceptors (Lipinski definition) is 3. The molecule has 6 heteroatoms.